The first-order valence-electron chi connectivity index (χ1n) is 19.4. The summed E-state index contributed by atoms with van der Waals surface area (Å²) in [6, 6.07) is 23.3. The number of nitrogens with one attached hydrogen (secondary N) is 2. The molecule has 9 nitrogen and oxygen atoms in total. The molecule has 3 aliphatic heterocycles. The van der Waals surface area contributed by atoms with E-state index < -0.39 is 0 Å². The average Bonchev–Trinajstić information content (AvgIpc) is 3.71. The van der Waals surface area contributed by atoms with Crippen LogP contribution in [0.15, 0.2) is 72.3 Å². The van der Waals surface area contributed by atoms with Crippen molar-refractivity contribution in [3.63, 3.8) is 0 Å². The standard InChI is InChI=1S/C43H48N6O3/c50-42(44-19-16-39-45-36-12-6-7-13-37(36)46-39)31-14-15-35-38(27-31)49-28-32(43(51)48-20-17-33(18-21-48)47-22-24-52-25-23-47)26-30-10-4-5-11-34(30)41(49)40(35)29-8-2-1-3-9-29/h4-7,10-15,26-27,29,33H,1-3,8-9,16-25,28H2,(H,44,50)(H,45,46). The van der Waals surface area contributed by atoms with E-state index in [0.717, 1.165) is 98.6 Å². The summed E-state index contributed by atoms with van der Waals surface area (Å²) >= 11 is 0. The van der Waals surface area contributed by atoms with Crippen molar-refractivity contribution in [2.75, 3.05) is 45.9 Å². The zero-order valence-electron chi connectivity index (χ0n) is 29.9. The van der Waals surface area contributed by atoms with Gasteiger partial charge in [0.15, 0.2) is 0 Å². The molecule has 52 heavy (non-hydrogen) atoms. The van der Waals surface area contributed by atoms with Crippen molar-refractivity contribution >= 4 is 39.8 Å². The first-order chi connectivity index (χ1) is 25.6. The molecule has 0 bridgehead atoms. The number of fused-ring (bicyclic) bond motifs is 6. The highest BCUT2D eigenvalue weighted by Gasteiger charge is 2.33. The van der Waals surface area contributed by atoms with Crippen molar-refractivity contribution in [1.29, 1.82) is 0 Å². The Morgan fingerprint density at radius 3 is 2.50 bits per heavy atom. The molecule has 9 rings (SSSR count). The second kappa shape index (κ2) is 14.4. The number of hydrogen-bond donors (Lipinski definition) is 2. The number of amides is 2. The molecule has 2 saturated heterocycles. The number of ether oxygens (including phenoxy) is 1. The maximum Gasteiger partial charge on any atom is 0.251 e. The highest BCUT2D eigenvalue weighted by molar-refractivity contribution is 6.04. The number of H-pyrrole nitrogens is 1. The zero-order chi connectivity index (χ0) is 35.0. The number of imidazole rings is 1. The molecular weight excluding hydrogens is 649 g/mol. The Morgan fingerprint density at radius 2 is 1.67 bits per heavy atom. The largest absolute Gasteiger partial charge is 0.379 e. The summed E-state index contributed by atoms with van der Waals surface area (Å²) in [5, 5.41) is 4.35. The lowest BCUT2D eigenvalue weighted by Crippen LogP contribution is -2.50. The molecule has 268 valence electrons. The van der Waals surface area contributed by atoms with Crippen molar-refractivity contribution < 1.29 is 14.3 Å². The minimum atomic E-state index is -0.100. The number of hydrogen-bond acceptors (Lipinski definition) is 5. The van der Waals surface area contributed by atoms with E-state index in [-0.39, 0.29) is 11.8 Å². The van der Waals surface area contributed by atoms with Crippen LogP contribution < -0.4 is 5.32 Å². The van der Waals surface area contributed by atoms with Crippen LogP contribution in [0.25, 0.3) is 39.3 Å². The molecule has 2 N–H and O–H groups in total. The molecule has 1 aliphatic carbocycles. The molecule has 4 aliphatic rings. The predicted octanol–water partition coefficient (Wildman–Crippen LogP) is 6.93. The van der Waals surface area contributed by atoms with Gasteiger partial charge in [-0.15, -0.1) is 0 Å². The fourth-order valence-electron chi connectivity index (χ4n) is 9.25. The van der Waals surface area contributed by atoms with Crippen LogP contribution in [-0.2, 0) is 22.5 Å². The first-order valence-corrected chi connectivity index (χ1v) is 19.4. The highest BCUT2D eigenvalue weighted by atomic mass is 16.5. The second-order valence-electron chi connectivity index (χ2n) is 15.1. The minimum absolute atomic E-state index is 0.100. The minimum Gasteiger partial charge on any atom is -0.379 e. The van der Waals surface area contributed by atoms with Gasteiger partial charge in [0.2, 0.25) is 0 Å². The number of morpholine rings is 1. The Labute approximate surface area is 305 Å². The molecular formula is C43H48N6O3. The molecule has 0 radical (unpaired) electrons. The lowest BCUT2D eigenvalue weighted by atomic mass is 9.81. The topological polar surface area (TPSA) is 95.5 Å². The van der Waals surface area contributed by atoms with Crippen LogP contribution in [0.4, 0.5) is 0 Å². The van der Waals surface area contributed by atoms with Crippen LogP contribution in [0.3, 0.4) is 0 Å². The Hall–Kier alpha value is -4.73. The molecule has 0 unspecified atom stereocenters. The SMILES string of the molecule is O=C(NCCc1nc2ccccc2[nH]1)c1ccc2c(C3CCCCC3)c3n(c2c1)CC(C(=O)N1CCC(N2CCOCC2)CC1)=Cc1ccccc1-3. The third-order valence-corrected chi connectivity index (χ3v) is 11.9. The van der Waals surface area contributed by atoms with Gasteiger partial charge in [-0.3, -0.25) is 14.5 Å². The molecule has 3 fully saturated rings. The fraction of sp³-hybridized carbons (Fsp3) is 0.419. The maximum atomic E-state index is 14.5. The van der Waals surface area contributed by atoms with Crippen LogP contribution in [0.1, 0.15) is 78.2 Å². The maximum absolute atomic E-state index is 14.5. The number of nitrogens with zero attached hydrogens (tertiary/aromatic N) is 4. The van der Waals surface area contributed by atoms with Crippen molar-refractivity contribution in [2.24, 2.45) is 0 Å². The number of aromatic nitrogens is 3. The number of carbonyl (C=O) groups is 2. The van der Waals surface area contributed by atoms with E-state index in [9.17, 15) is 9.59 Å². The monoisotopic (exact) mass is 696 g/mol. The molecule has 0 atom stereocenters. The van der Waals surface area contributed by atoms with Gasteiger partial charge in [-0.05, 0) is 73.1 Å². The molecule has 2 aromatic heterocycles. The quantitative estimate of drug-likeness (QED) is 0.193. The highest BCUT2D eigenvalue weighted by Crippen LogP contribution is 2.46. The van der Waals surface area contributed by atoms with E-state index >= 15 is 0 Å². The summed E-state index contributed by atoms with van der Waals surface area (Å²) in [5.74, 6) is 1.33. The van der Waals surface area contributed by atoms with Gasteiger partial charge in [0.1, 0.15) is 5.82 Å². The van der Waals surface area contributed by atoms with Gasteiger partial charge in [-0.1, -0.05) is 61.7 Å². The molecule has 3 aromatic carbocycles. The van der Waals surface area contributed by atoms with Gasteiger partial charge in [0.25, 0.3) is 11.8 Å². The predicted molar refractivity (Wildman–Crippen MR) is 205 cm³/mol. The third kappa shape index (κ3) is 6.34. The number of likely N-dealkylation sites (tertiary alicyclic amines) is 1. The number of aromatic amines is 1. The first kappa shape index (κ1) is 33.1. The van der Waals surface area contributed by atoms with Crippen LogP contribution in [0, 0.1) is 0 Å². The fourth-order valence-corrected chi connectivity index (χ4v) is 9.25. The van der Waals surface area contributed by atoms with Crippen LogP contribution in [0.2, 0.25) is 0 Å². The van der Waals surface area contributed by atoms with Crippen molar-refractivity contribution in [2.45, 2.75) is 69.9 Å². The molecule has 5 aromatic rings. The number of benzene rings is 3. The number of carbonyl (C=O) groups excluding carboxylic acids is 2. The van der Waals surface area contributed by atoms with Gasteiger partial charge in [0, 0.05) is 72.8 Å². The lowest BCUT2D eigenvalue weighted by molar-refractivity contribution is -0.129. The molecule has 1 saturated carbocycles. The number of rotatable bonds is 7. The molecule has 2 amide bonds. The smallest absolute Gasteiger partial charge is 0.251 e. The second-order valence-corrected chi connectivity index (χ2v) is 15.1. The van der Waals surface area contributed by atoms with Gasteiger partial charge in [-0.25, -0.2) is 4.98 Å². The van der Waals surface area contributed by atoms with Gasteiger partial charge < -0.3 is 24.5 Å². The van der Waals surface area contributed by atoms with Crippen LogP contribution >= 0.6 is 0 Å². The average molecular weight is 697 g/mol. The number of piperidine rings is 1. The van der Waals surface area contributed by atoms with E-state index in [1.165, 1.54) is 41.5 Å². The Balaban J connectivity index is 1.03. The summed E-state index contributed by atoms with van der Waals surface area (Å²) < 4.78 is 7.95. The molecule has 0 spiro atoms. The van der Waals surface area contributed by atoms with Gasteiger partial charge in [0.05, 0.1) is 36.5 Å². The van der Waals surface area contributed by atoms with E-state index in [1.807, 2.05) is 30.3 Å². The van der Waals surface area contributed by atoms with Crippen LogP contribution in [-0.4, -0.2) is 88.1 Å². The third-order valence-electron chi connectivity index (χ3n) is 11.9. The van der Waals surface area contributed by atoms with Crippen LogP contribution in [0.5, 0.6) is 0 Å². The lowest BCUT2D eigenvalue weighted by Gasteiger charge is -2.40. The van der Waals surface area contributed by atoms with Crippen molar-refractivity contribution in [1.82, 2.24) is 29.7 Å². The zero-order valence-corrected chi connectivity index (χ0v) is 29.9. The Bertz CT molecular complexity index is 2110. The van der Waals surface area contributed by atoms with Gasteiger partial charge in [-0.2, -0.15) is 0 Å². The normalized spacial score (nSPS) is 18.9. The summed E-state index contributed by atoms with van der Waals surface area (Å²) in [4.78, 5) is 40.8. The number of para-hydroxylation sites is 2. The summed E-state index contributed by atoms with van der Waals surface area (Å²) in [5.41, 5.74) is 9.27. The van der Waals surface area contributed by atoms with E-state index in [2.05, 4.69) is 72.1 Å². The summed E-state index contributed by atoms with van der Waals surface area (Å²) in [6.45, 7) is 6.05. The van der Waals surface area contributed by atoms with Crippen molar-refractivity contribution in [3.8, 4) is 11.3 Å². The van der Waals surface area contributed by atoms with Crippen molar-refractivity contribution in [3.05, 3.63) is 94.8 Å². The van der Waals surface area contributed by atoms with E-state index in [0.29, 0.717) is 37.0 Å². The van der Waals surface area contributed by atoms with E-state index in [4.69, 9.17) is 4.74 Å². The Morgan fingerprint density at radius 1 is 0.885 bits per heavy atom. The van der Waals surface area contributed by atoms with Gasteiger partial charge >= 0.3 is 0 Å². The Kier molecular flexibility index (Phi) is 9.15. The summed E-state index contributed by atoms with van der Waals surface area (Å²) in [7, 11) is 0. The summed E-state index contributed by atoms with van der Waals surface area (Å²) in [6.07, 6.45) is 10.8. The van der Waals surface area contributed by atoms with E-state index in [1.54, 1.807) is 0 Å². The molecule has 5 heterocycles. The molecule has 9 heteroatoms.